The molecule has 0 saturated heterocycles. The fourth-order valence-electron chi connectivity index (χ4n) is 2.50. The number of carbonyl (C=O) groups is 2. The largest absolute Gasteiger partial charge is 0.353 e. The van der Waals surface area contributed by atoms with Gasteiger partial charge >= 0.3 is 0 Å². The van der Waals surface area contributed by atoms with Crippen molar-refractivity contribution in [2.24, 2.45) is 0 Å². The lowest BCUT2D eigenvalue weighted by atomic mass is 10.2. The summed E-state index contributed by atoms with van der Waals surface area (Å²) in [4.78, 5) is 33.6. The van der Waals surface area contributed by atoms with Crippen LogP contribution in [0.15, 0.2) is 24.3 Å². The van der Waals surface area contributed by atoms with Crippen LogP contribution in [-0.4, -0.2) is 29.3 Å². The zero-order chi connectivity index (χ0) is 15.9. The van der Waals surface area contributed by atoms with Gasteiger partial charge in [-0.25, -0.2) is 0 Å². The van der Waals surface area contributed by atoms with E-state index in [-0.39, 0.29) is 36.5 Å². The molecule has 0 spiro atoms. The van der Waals surface area contributed by atoms with Crippen LogP contribution in [0.25, 0.3) is 0 Å². The van der Waals surface area contributed by atoms with Crippen LogP contribution in [0.3, 0.4) is 0 Å². The summed E-state index contributed by atoms with van der Waals surface area (Å²) in [5, 5.41) is 16.1. The first-order valence-electron chi connectivity index (χ1n) is 7.38. The highest BCUT2D eigenvalue weighted by molar-refractivity contribution is 5.94. The summed E-state index contributed by atoms with van der Waals surface area (Å²) in [5.74, 6) is -0.403. The highest BCUT2D eigenvalue weighted by atomic mass is 16.6. The molecule has 0 aliphatic heterocycles. The number of nitrogens with zero attached hydrogens (tertiary/aromatic N) is 1. The predicted octanol–water partition coefficient (Wildman–Crippen LogP) is 1.77. The van der Waals surface area contributed by atoms with Crippen molar-refractivity contribution in [1.82, 2.24) is 10.6 Å². The standard InChI is InChI=1S/C15H19N3O4/c19-14(17-12-3-1-2-4-12)9-10-16-15(20)11-5-7-13(8-6-11)18(21)22/h5-8,12H,1-4,9-10H2,(H,16,20)(H,17,19). The van der Waals surface area contributed by atoms with E-state index in [4.69, 9.17) is 0 Å². The molecule has 0 bridgehead atoms. The smallest absolute Gasteiger partial charge is 0.269 e. The van der Waals surface area contributed by atoms with Gasteiger partial charge in [0.05, 0.1) is 4.92 Å². The molecule has 1 aliphatic carbocycles. The summed E-state index contributed by atoms with van der Waals surface area (Å²) < 4.78 is 0. The number of nitro benzene ring substituents is 1. The maximum absolute atomic E-state index is 11.8. The Morgan fingerprint density at radius 1 is 1.18 bits per heavy atom. The van der Waals surface area contributed by atoms with Crippen LogP contribution in [0.1, 0.15) is 42.5 Å². The SMILES string of the molecule is O=C(CCNC(=O)c1ccc([N+](=O)[O-])cc1)NC1CCCC1. The van der Waals surface area contributed by atoms with Crippen molar-refractivity contribution in [2.75, 3.05) is 6.54 Å². The molecule has 1 fully saturated rings. The van der Waals surface area contributed by atoms with E-state index in [0.29, 0.717) is 5.56 Å². The number of rotatable bonds is 6. The zero-order valence-corrected chi connectivity index (χ0v) is 12.2. The van der Waals surface area contributed by atoms with Gasteiger partial charge in [0.25, 0.3) is 11.6 Å². The summed E-state index contributed by atoms with van der Waals surface area (Å²) >= 11 is 0. The number of hydrogen-bond donors (Lipinski definition) is 2. The molecule has 2 rings (SSSR count). The van der Waals surface area contributed by atoms with Crippen LogP contribution in [-0.2, 0) is 4.79 Å². The number of nitrogens with one attached hydrogen (secondary N) is 2. The lowest BCUT2D eigenvalue weighted by Gasteiger charge is -2.12. The van der Waals surface area contributed by atoms with Gasteiger partial charge in [-0.15, -0.1) is 0 Å². The van der Waals surface area contributed by atoms with Gasteiger partial charge in [-0.05, 0) is 25.0 Å². The van der Waals surface area contributed by atoms with Crippen LogP contribution < -0.4 is 10.6 Å². The molecular weight excluding hydrogens is 286 g/mol. The molecule has 1 aromatic rings. The Labute approximate surface area is 128 Å². The van der Waals surface area contributed by atoms with Gasteiger partial charge in [0.15, 0.2) is 0 Å². The monoisotopic (exact) mass is 305 g/mol. The van der Waals surface area contributed by atoms with E-state index in [1.807, 2.05) is 0 Å². The van der Waals surface area contributed by atoms with Crippen LogP contribution in [0.5, 0.6) is 0 Å². The topological polar surface area (TPSA) is 101 Å². The second kappa shape index (κ2) is 7.53. The van der Waals surface area contributed by atoms with E-state index >= 15 is 0 Å². The Hall–Kier alpha value is -2.44. The predicted molar refractivity (Wildman–Crippen MR) is 80.4 cm³/mol. The van der Waals surface area contributed by atoms with Crippen LogP contribution in [0, 0.1) is 10.1 Å². The van der Waals surface area contributed by atoms with Gasteiger partial charge in [-0.3, -0.25) is 19.7 Å². The second-order valence-corrected chi connectivity index (χ2v) is 5.36. The Kier molecular flexibility index (Phi) is 5.46. The van der Waals surface area contributed by atoms with Crippen molar-refractivity contribution in [3.8, 4) is 0 Å². The van der Waals surface area contributed by atoms with Crippen LogP contribution >= 0.6 is 0 Å². The maximum Gasteiger partial charge on any atom is 0.269 e. The lowest BCUT2D eigenvalue weighted by molar-refractivity contribution is -0.384. The zero-order valence-electron chi connectivity index (χ0n) is 12.2. The summed E-state index contributed by atoms with van der Waals surface area (Å²) in [6, 6.07) is 5.62. The molecular formula is C15H19N3O4. The molecule has 1 aromatic carbocycles. The van der Waals surface area contributed by atoms with E-state index in [0.717, 1.165) is 25.7 Å². The number of hydrogen-bond acceptors (Lipinski definition) is 4. The summed E-state index contributed by atoms with van der Waals surface area (Å²) in [6.07, 6.45) is 4.60. The summed E-state index contributed by atoms with van der Waals surface area (Å²) in [6.45, 7) is 0.244. The molecule has 22 heavy (non-hydrogen) atoms. The lowest BCUT2D eigenvalue weighted by Crippen LogP contribution is -2.35. The molecule has 7 nitrogen and oxygen atoms in total. The number of amides is 2. The van der Waals surface area contributed by atoms with E-state index in [1.54, 1.807) is 0 Å². The van der Waals surface area contributed by atoms with Gasteiger partial charge in [0, 0.05) is 36.7 Å². The molecule has 7 heteroatoms. The van der Waals surface area contributed by atoms with Crippen molar-refractivity contribution in [3.05, 3.63) is 39.9 Å². The van der Waals surface area contributed by atoms with Gasteiger partial charge in [-0.1, -0.05) is 12.8 Å². The minimum absolute atomic E-state index is 0.0594. The average Bonchev–Trinajstić information content (AvgIpc) is 3.00. The average molecular weight is 305 g/mol. The number of benzene rings is 1. The first kappa shape index (κ1) is 15.9. The Bertz CT molecular complexity index is 550. The molecule has 1 aliphatic rings. The van der Waals surface area contributed by atoms with Gasteiger partial charge in [0.2, 0.25) is 5.91 Å². The normalized spacial score (nSPS) is 14.5. The summed E-state index contributed by atoms with van der Waals surface area (Å²) in [5.41, 5.74) is 0.272. The van der Waals surface area contributed by atoms with Gasteiger partial charge in [-0.2, -0.15) is 0 Å². The summed E-state index contributed by atoms with van der Waals surface area (Å²) in [7, 11) is 0. The first-order valence-corrected chi connectivity index (χ1v) is 7.38. The number of nitro groups is 1. The maximum atomic E-state index is 11.8. The molecule has 0 heterocycles. The van der Waals surface area contributed by atoms with Gasteiger partial charge < -0.3 is 10.6 Å². The highest BCUT2D eigenvalue weighted by Crippen LogP contribution is 2.17. The van der Waals surface area contributed by atoms with Crippen molar-refractivity contribution >= 4 is 17.5 Å². The molecule has 0 unspecified atom stereocenters. The number of carbonyl (C=O) groups excluding carboxylic acids is 2. The minimum atomic E-state index is -0.519. The van der Waals surface area contributed by atoms with Crippen LogP contribution in [0.2, 0.25) is 0 Å². The van der Waals surface area contributed by atoms with E-state index < -0.39 is 4.92 Å². The van der Waals surface area contributed by atoms with Crippen LogP contribution in [0.4, 0.5) is 5.69 Å². The van der Waals surface area contributed by atoms with Crippen molar-refractivity contribution in [2.45, 2.75) is 38.1 Å². The highest BCUT2D eigenvalue weighted by Gasteiger charge is 2.17. The van der Waals surface area contributed by atoms with E-state index in [2.05, 4.69) is 10.6 Å². The van der Waals surface area contributed by atoms with Gasteiger partial charge in [0.1, 0.15) is 0 Å². The molecule has 0 aromatic heterocycles. The van der Waals surface area contributed by atoms with E-state index in [9.17, 15) is 19.7 Å². The van der Waals surface area contributed by atoms with Crippen molar-refractivity contribution in [1.29, 1.82) is 0 Å². The first-order chi connectivity index (χ1) is 10.6. The Morgan fingerprint density at radius 3 is 2.41 bits per heavy atom. The minimum Gasteiger partial charge on any atom is -0.353 e. The quantitative estimate of drug-likeness (QED) is 0.617. The van der Waals surface area contributed by atoms with Crippen molar-refractivity contribution < 1.29 is 14.5 Å². The fourth-order valence-corrected chi connectivity index (χ4v) is 2.50. The Balaban J connectivity index is 1.72. The molecule has 2 amide bonds. The van der Waals surface area contributed by atoms with E-state index in [1.165, 1.54) is 24.3 Å². The third-order valence-corrected chi connectivity index (χ3v) is 3.70. The Morgan fingerprint density at radius 2 is 1.82 bits per heavy atom. The molecule has 1 saturated carbocycles. The third kappa shape index (κ3) is 4.54. The fraction of sp³-hybridized carbons (Fsp3) is 0.467. The second-order valence-electron chi connectivity index (χ2n) is 5.36. The number of non-ortho nitro benzene ring substituents is 1. The molecule has 0 radical (unpaired) electrons. The molecule has 0 atom stereocenters. The molecule has 118 valence electrons. The third-order valence-electron chi connectivity index (χ3n) is 3.70. The van der Waals surface area contributed by atoms with Crippen molar-refractivity contribution in [3.63, 3.8) is 0 Å². The molecule has 2 N–H and O–H groups in total.